The van der Waals surface area contributed by atoms with Crippen molar-refractivity contribution in [1.29, 1.82) is 5.26 Å². The molecule has 202 valence electrons. The predicted molar refractivity (Wildman–Crippen MR) is 181 cm³/mol. The van der Waals surface area contributed by atoms with Crippen LogP contribution in [0, 0.1) is 25.2 Å². The predicted octanol–water partition coefficient (Wildman–Crippen LogP) is 11.2. The average molecular weight is 569 g/mol. The Labute approximate surface area is 251 Å². The van der Waals surface area contributed by atoms with Crippen LogP contribution in [0.3, 0.4) is 0 Å². The third-order valence-electron chi connectivity index (χ3n) is 8.75. The van der Waals surface area contributed by atoms with Crippen molar-refractivity contribution >= 4 is 75.3 Å². The molecule has 43 heavy (non-hydrogen) atoms. The summed E-state index contributed by atoms with van der Waals surface area (Å²) < 4.78 is 11.6. The topological polar surface area (TPSA) is 41.9 Å². The zero-order valence-electron chi connectivity index (χ0n) is 23.6. The van der Waals surface area contributed by atoms with Gasteiger partial charge in [0.1, 0.15) is 6.07 Å². The maximum absolute atomic E-state index is 10.1. The maximum Gasteiger partial charge on any atom is 0.159 e. The van der Waals surface area contributed by atoms with E-state index in [2.05, 4.69) is 128 Å². The van der Waals surface area contributed by atoms with Gasteiger partial charge in [-0.1, -0.05) is 71.8 Å². The number of nitriles is 1. The third kappa shape index (κ3) is 3.40. The van der Waals surface area contributed by atoms with E-state index in [0.29, 0.717) is 11.1 Å². The second kappa shape index (κ2) is 8.82. The number of thiophene rings is 1. The molecule has 0 aliphatic rings. The molecule has 0 atom stereocenters. The van der Waals surface area contributed by atoms with E-state index in [1.807, 2.05) is 17.4 Å². The molecule has 0 N–H and O–H groups in total. The van der Waals surface area contributed by atoms with E-state index >= 15 is 0 Å². The Morgan fingerprint density at radius 3 is 2.12 bits per heavy atom. The number of para-hydroxylation sites is 1. The number of furan rings is 1. The van der Waals surface area contributed by atoms with Gasteiger partial charge in [-0.2, -0.15) is 5.26 Å². The first kappa shape index (κ1) is 24.2. The number of aromatic nitrogens is 1. The van der Waals surface area contributed by atoms with E-state index in [1.165, 1.54) is 42.1 Å². The lowest BCUT2D eigenvalue weighted by atomic mass is 9.96. The van der Waals surface area contributed by atoms with Gasteiger partial charge in [0.15, 0.2) is 11.2 Å². The molecule has 6 aromatic carbocycles. The van der Waals surface area contributed by atoms with Crippen LogP contribution in [0.5, 0.6) is 0 Å². The Bertz CT molecular complexity index is 2600. The molecule has 4 heteroatoms. The highest BCUT2D eigenvalue weighted by molar-refractivity contribution is 7.25. The van der Waals surface area contributed by atoms with Crippen molar-refractivity contribution in [3.05, 3.63) is 126 Å². The van der Waals surface area contributed by atoms with Crippen molar-refractivity contribution in [2.24, 2.45) is 0 Å². The second-order valence-corrected chi connectivity index (χ2v) is 12.5. The van der Waals surface area contributed by atoms with Gasteiger partial charge in [0.2, 0.25) is 0 Å². The van der Waals surface area contributed by atoms with Crippen LogP contribution in [0.4, 0.5) is 0 Å². The van der Waals surface area contributed by atoms with Gasteiger partial charge in [-0.15, -0.1) is 11.3 Å². The fraction of sp³-hybridized carbons (Fsp3) is 0.0513. The van der Waals surface area contributed by atoms with Gasteiger partial charge in [0.25, 0.3) is 0 Å². The summed E-state index contributed by atoms with van der Waals surface area (Å²) >= 11 is 1.81. The summed E-state index contributed by atoms with van der Waals surface area (Å²) in [6, 6.07) is 41.2. The highest BCUT2D eigenvalue weighted by Gasteiger charge is 2.21. The van der Waals surface area contributed by atoms with Crippen LogP contribution >= 0.6 is 11.3 Å². The molecule has 3 heterocycles. The van der Waals surface area contributed by atoms with E-state index < -0.39 is 0 Å². The molecular weight excluding hydrogens is 545 g/mol. The molecule has 9 aromatic rings. The van der Waals surface area contributed by atoms with Gasteiger partial charge >= 0.3 is 0 Å². The highest BCUT2D eigenvalue weighted by atomic mass is 32.1. The summed E-state index contributed by atoms with van der Waals surface area (Å²) in [5.41, 5.74) is 9.83. The maximum atomic E-state index is 10.1. The van der Waals surface area contributed by atoms with E-state index in [9.17, 15) is 5.26 Å². The lowest BCUT2D eigenvalue weighted by Crippen LogP contribution is -1.94. The normalized spacial score (nSPS) is 11.9. The number of fused-ring (bicyclic) bond motifs is 9. The third-order valence-corrected chi connectivity index (χ3v) is 9.89. The van der Waals surface area contributed by atoms with Crippen LogP contribution in [0.1, 0.15) is 16.7 Å². The Hall–Kier alpha value is -5.37. The Balaban J connectivity index is 1.36. The van der Waals surface area contributed by atoms with Gasteiger partial charge in [-0.25, -0.2) is 0 Å². The zero-order valence-corrected chi connectivity index (χ0v) is 24.4. The summed E-state index contributed by atoms with van der Waals surface area (Å²) in [5.74, 6) is 0. The molecule has 0 radical (unpaired) electrons. The minimum absolute atomic E-state index is 0.539. The minimum Gasteiger partial charge on any atom is -0.452 e. The number of hydrogen-bond donors (Lipinski definition) is 0. The average Bonchev–Trinajstić information content (AvgIpc) is 3.70. The van der Waals surface area contributed by atoms with Crippen molar-refractivity contribution < 1.29 is 4.42 Å². The standard InChI is InChI=1S/C39H24N2OS/c1-22-10-16-32-30(18-22)31-19-23(2)11-17-33(31)41(32)34-8-5-7-29-37-26(14-13-25(21-40)38(37)42-39(29)34)24-12-15-28-27-6-3-4-9-35(27)43-36(28)20-24/h3-20H,1-2H3. The van der Waals surface area contributed by atoms with Gasteiger partial charge in [-0.05, 0) is 73.5 Å². The molecular formula is C39H24N2OS. The van der Waals surface area contributed by atoms with E-state index in [0.717, 1.165) is 44.2 Å². The lowest BCUT2D eigenvalue weighted by molar-refractivity contribution is 0.665. The van der Waals surface area contributed by atoms with Crippen LogP contribution in [-0.2, 0) is 0 Å². The summed E-state index contributed by atoms with van der Waals surface area (Å²) in [4.78, 5) is 0. The van der Waals surface area contributed by atoms with Gasteiger partial charge in [0.05, 0.1) is 22.3 Å². The first-order valence-electron chi connectivity index (χ1n) is 14.4. The van der Waals surface area contributed by atoms with E-state index in [1.54, 1.807) is 0 Å². The highest BCUT2D eigenvalue weighted by Crippen LogP contribution is 2.44. The fourth-order valence-electron chi connectivity index (χ4n) is 6.80. The number of nitrogens with zero attached hydrogens (tertiary/aromatic N) is 2. The van der Waals surface area contributed by atoms with Crippen molar-refractivity contribution in [2.45, 2.75) is 13.8 Å². The molecule has 0 bridgehead atoms. The Kier molecular flexibility index (Phi) is 4.97. The number of rotatable bonds is 2. The zero-order chi connectivity index (χ0) is 28.8. The number of aryl methyl sites for hydroxylation is 2. The number of benzene rings is 6. The monoisotopic (exact) mass is 568 g/mol. The van der Waals surface area contributed by atoms with Crippen LogP contribution in [0.25, 0.3) is 80.7 Å². The lowest BCUT2D eigenvalue weighted by Gasteiger charge is -2.09. The second-order valence-electron chi connectivity index (χ2n) is 11.4. The smallest absolute Gasteiger partial charge is 0.159 e. The van der Waals surface area contributed by atoms with Crippen molar-refractivity contribution in [3.63, 3.8) is 0 Å². The van der Waals surface area contributed by atoms with E-state index in [4.69, 9.17) is 4.42 Å². The van der Waals surface area contributed by atoms with Crippen molar-refractivity contribution in [3.8, 4) is 22.9 Å². The number of hydrogen-bond acceptors (Lipinski definition) is 3. The Morgan fingerprint density at radius 1 is 0.628 bits per heavy atom. The molecule has 0 spiro atoms. The summed E-state index contributed by atoms with van der Waals surface area (Å²) in [7, 11) is 0. The summed E-state index contributed by atoms with van der Waals surface area (Å²) in [5, 5.41) is 17.1. The molecule has 0 aliphatic carbocycles. The van der Waals surface area contributed by atoms with Crippen LogP contribution in [0.2, 0.25) is 0 Å². The van der Waals surface area contributed by atoms with Crippen LogP contribution in [0.15, 0.2) is 114 Å². The molecule has 3 nitrogen and oxygen atoms in total. The largest absolute Gasteiger partial charge is 0.452 e. The molecule has 0 fully saturated rings. The molecule has 3 aromatic heterocycles. The molecule has 9 rings (SSSR count). The fourth-order valence-corrected chi connectivity index (χ4v) is 7.94. The van der Waals surface area contributed by atoms with Crippen molar-refractivity contribution in [2.75, 3.05) is 0 Å². The van der Waals surface area contributed by atoms with Gasteiger partial charge in [-0.3, -0.25) is 0 Å². The SMILES string of the molecule is Cc1ccc2c(c1)c1cc(C)ccc1n2-c1cccc2c1oc1c(C#N)ccc(-c3ccc4c(c3)sc3ccccc34)c12. The molecule has 0 saturated heterocycles. The van der Waals surface area contributed by atoms with Crippen LogP contribution < -0.4 is 0 Å². The minimum atomic E-state index is 0.539. The van der Waals surface area contributed by atoms with E-state index in [-0.39, 0.29) is 0 Å². The molecule has 0 saturated carbocycles. The first-order valence-corrected chi connectivity index (χ1v) is 15.2. The Morgan fingerprint density at radius 2 is 1.35 bits per heavy atom. The van der Waals surface area contributed by atoms with Crippen molar-refractivity contribution in [1.82, 2.24) is 4.57 Å². The quantitative estimate of drug-likeness (QED) is 0.208. The summed E-state index contributed by atoms with van der Waals surface area (Å²) in [6.45, 7) is 4.28. The van der Waals surface area contributed by atoms with Gasteiger partial charge in [0, 0.05) is 41.7 Å². The first-order chi connectivity index (χ1) is 21.1. The molecule has 0 aliphatic heterocycles. The molecule has 0 unspecified atom stereocenters. The molecule has 0 amide bonds. The summed E-state index contributed by atoms with van der Waals surface area (Å²) in [6.07, 6.45) is 0. The van der Waals surface area contributed by atoms with Crippen LogP contribution in [-0.4, -0.2) is 4.57 Å². The van der Waals surface area contributed by atoms with Gasteiger partial charge < -0.3 is 8.98 Å².